The lowest BCUT2D eigenvalue weighted by Gasteiger charge is -2.34. The van der Waals surface area contributed by atoms with E-state index in [0.29, 0.717) is 6.10 Å². The van der Waals surface area contributed by atoms with Crippen LogP contribution in [0.15, 0.2) is 29.3 Å². The average molecular weight is 503 g/mol. The Kier molecular flexibility index (Phi) is 11.4. The van der Waals surface area contributed by atoms with Gasteiger partial charge in [0.2, 0.25) is 0 Å². The quantitative estimate of drug-likeness (QED) is 0.262. The Balaban J connectivity index is 0.00000392. The number of methoxy groups -OCH3 is 1. The normalized spacial score (nSPS) is 16.0. The standard InChI is InChI=1S/C22H37N3O2.HI/c1-22(2,3)19-9-7-18(8-10-19)17-24-21(23-4)25-13-11-20(12-14-25)27-16-6-15-26-5;/h7-10,20H,6,11-17H2,1-5H3,(H,23,24);1H. The van der Waals surface area contributed by atoms with Crippen LogP contribution < -0.4 is 5.32 Å². The lowest BCUT2D eigenvalue weighted by atomic mass is 9.87. The summed E-state index contributed by atoms with van der Waals surface area (Å²) < 4.78 is 11.0. The molecule has 0 aliphatic carbocycles. The zero-order valence-corrected chi connectivity index (χ0v) is 20.5. The first-order valence-corrected chi connectivity index (χ1v) is 10.1. The molecular formula is C22H38IN3O2. The Bertz CT molecular complexity index is 576. The maximum Gasteiger partial charge on any atom is 0.193 e. The van der Waals surface area contributed by atoms with E-state index in [0.717, 1.165) is 58.1 Å². The third-order valence-electron chi connectivity index (χ3n) is 5.07. The third-order valence-corrected chi connectivity index (χ3v) is 5.07. The SMILES string of the molecule is CN=C(NCc1ccc(C(C)(C)C)cc1)N1CCC(OCCCOC)CC1.I. The smallest absolute Gasteiger partial charge is 0.193 e. The van der Waals surface area contributed by atoms with E-state index in [9.17, 15) is 0 Å². The van der Waals surface area contributed by atoms with Crippen molar-refractivity contribution in [3.8, 4) is 0 Å². The summed E-state index contributed by atoms with van der Waals surface area (Å²) in [5, 5.41) is 3.51. The van der Waals surface area contributed by atoms with Crippen LogP contribution in [0.25, 0.3) is 0 Å². The fraction of sp³-hybridized carbons (Fsp3) is 0.682. The molecule has 1 aromatic rings. The van der Waals surface area contributed by atoms with Crippen LogP contribution in [0.1, 0.15) is 51.2 Å². The van der Waals surface area contributed by atoms with Gasteiger partial charge in [0.1, 0.15) is 0 Å². The minimum Gasteiger partial charge on any atom is -0.385 e. The largest absolute Gasteiger partial charge is 0.385 e. The molecule has 0 atom stereocenters. The molecule has 160 valence electrons. The van der Waals surface area contributed by atoms with Gasteiger partial charge in [-0.05, 0) is 35.8 Å². The number of rotatable bonds is 7. The second-order valence-corrected chi connectivity index (χ2v) is 8.25. The van der Waals surface area contributed by atoms with Gasteiger partial charge in [-0.3, -0.25) is 4.99 Å². The number of nitrogens with zero attached hydrogens (tertiary/aromatic N) is 2. The zero-order valence-electron chi connectivity index (χ0n) is 18.2. The van der Waals surface area contributed by atoms with Crippen molar-refractivity contribution >= 4 is 29.9 Å². The van der Waals surface area contributed by atoms with Crippen LogP contribution in [0.3, 0.4) is 0 Å². The predicted molar refractivity (Wildman–Crippen MR) is 128 cm³/mol. The van der Waals surface area contributed by atoms with E-state index in [4.69, 9.17) is 9.47 Å². The maximum absolute atomic E-state index is 5.95. The molecule has 0 radical (unpaired) electrons. The monoisotopic (exact) mass is 503 g/mol. The summed E-state index contributed by atoms with van der Waals surface area (Å²) in [5.41, 5.74) is 2.83. The highest BCUT2D eigenvalue weighted by Gasteiger charge is 2.21. The van der Waals surface area contributed by atoms with Crippen molar-refractivity contribution < 1.29 is 9.47 Å². The Morgan fingerprint density at radius 1 is 1.14 bits per heavy atom. The minimum absolute atomic E-state index is 0. The third kappa shape index (κ3) is 8.25. The summed E-state index contributed by atoms with van der Waals surface area (Å²) >= 11 is 0. The molecule has 28 heavy (non-hydrogen) atoms. The molecule has 1 aromatic carbocycles. The lowest BCUT2D eigenvalue weighted by Crippen LogP contribution is -2.46. The van der Waals surface area contributed by atoms with Crippen molar-refractivity contribution in [1.29, 1.82) is 0 Å². The van der Waals surface area contributed by atoms with Gasteiger partial charge in [-0.25, -0.2) is 0 Å². The molecule has 1 N–H and O–H groups in total. The van der Waals surface area contributed by atoms with E-state index in [1.54, 1.807) is 7.11 Å². The number of halogens is 1. The summed E-state index contributed by atoms with van der Waals surface area (Å²) in [6.07, 6.45) is 3.43. The number of ether oxygens (including phenoxy) is 2. The molecule has 1 saturated heterocycles. The molecular weight excluding hydrogens is 465 g/mol. The molecule has 0 spiro atoms. The number of likely N-dealkylation sites (tertiary alicyclic amines) is 1. The van der Waals surface area contributed by atoms with Crippen LogP contribution in [-0.2, 0) is 21.4 Å². The number of hydrogen-bond acceptors (Lipinski definition) is 3. The Morgan fingerprint density at radius 3 is 2.32 bits per heavy atom. The fourth-order valence-corrected chi connectivity index (χ4v) is 3.32. The molecule has 0 bridgehead atoms. The van der Waals surface area contributed by atoms with Crippen LogP contribution in [0, 0.1) is 0 Å². The second kappa shape index (κ2) is 12.6. The molecule has 5 nitrogen and oxygen atoms in total. The molecule has 1 heterocycles. The molecule has 0 unspecified atom stereocenters. The van der Waals surface area contributed by atoms with E-state index in [-0.39, 0.29) is 29.4 Å². The molecule has 2 rings (SSSR count). The Hall–Kier alpha value is -0.860. The first-order valence-electron chi connectivity index (χ1n) is 10.1. The van der Waals surface area contributed by atoms with Crippen LogP contribution in [0.5, 0.6) is 0 Å². The number of guanidine groups is 1. The molecule has 6 heteroatoms. The highest BCUT2D eigenvalue weighted by molar-refractivity contribution is 14.0. The van der Waals surface area contributed by atoms with Gasteiger partial charge in [0.15, 0.2) is 5.96 Å². The zero-order chi connectivity index (χ0) is 19.7. The fourth-order valence-electron chi connectivity index (χ4n) is 3.32. The van der Waals surface area contributed by atoms with Gasteiger partial charge in [0.05, 0.1) is 6.10 Å². The van der Waals surface area contributed by atoms with Gasteiger partial charge >= 0.3 is 0 Å². The number of aliphatic imine (C=N–C) groups is 1. The Morgan fingerprint density at radius 2 is 1.79 bits per heavy atom. The van der Waals surface area contributed by atoms with Crippen molar-refractivity contribution in [3.63, 3.8) is 0 Å². The highest BCUT2D eigenvalue weighted by Crippen LogP contribution is 2.22. The summed E-state index contributed by atoms with van der Waals surface area (Å²) in [6, 6.07) is 8.88. The average Bonchev–Trinajstić information content (AvgIpc) is 2.66. The first-order chi connectivity index (χ1) is 12.9. The summed E-state index contributed by atoms with van der Waals surface area (Å²) in [5.74, 6) is 0.979. The highest BCUT2D eigenvalue weighted by atomic mass is 127. The molecule has 1 aliphatic heterocycles. The van der Waals surface area contributed by atoms with E-state index in [2.05, 4.69) is 60.2 Å². The minimum atomic E-state index is 0. The van der Waals surface area contributed by atoms with Crippen LogP contribution in [0.4, 0.5) is 0 Å². The van der Waals surface area contributed by atoms with Crippen molar-refractivity contribution in [2.45, 2.75) is 58.1 Å². The van der Waals surface area contributed by atoms with Crippen LogP contribution in [0.2, 0.25) is 0 Å². The summed E-state index contributed by atoms with van der Waals surface area (Å²) in [7, 11) is 3.59. The molecule has 0 aromatic heterocycles. The first kappa shape index (κ1) is 25.2. The van der Waals surface area contributed by atoms with Gasteiger partial charge in [0, 0.05) is 47.0 Å². The van der Waals surface area contributed by atoms with Gasteiger partial charge < -0.3 is 19.7 Å². The van der Waals surface area contributed by atoms with E-state index in [1.807, 2.05) is 7.05 Å². The second-order valence-electron chi connectivity index (χ2n) is 8.25. The molecule has 0 amide bonds. The number of nitrogens with one attached hydrogen (secondary N) is 1. The van der Waals surface area contributed by atoms with E-state index in [1.165, 1.54) is 11.1 Å². The van der Waals surface area contributed by atoms with Crippen molar-refractivity contribution in [2.24, 2.45) is 4.99 Å². The lowest BCUT2D eigenvalue weighted by molar-refractivity contribution is 0.00989. The van der Waals surface area contributed by atoms with Crippen molar-refractivity contribution in [1.82, 2.24) is 10.2 Å². The maximum atomic E-state index is 5.95. The van der Waals surface area contributed by atoms with Crippen LogP contribution >= 0.6 is 24.0 Å². The number of benzene rings is 1. The topological polar surface area (TPSA) is 46.1 Å². The predicted octanol–water partition coefficient (Wildman–Crippen LogP) is 4.20. The van der Waals surface area contributed by atoms with E-state index < -0.39 is 0 Å². The summed E-state index contributed by atoms with van der Waals surface area (Å²) in [4.78, 5) is 6.80. The van der Waals surface area contributed by atoms with E-state index >= 15 is 0 Å². The van der Waals surface area contributed by atoms with Gasteiger partial charge in [-0.15, -0.1) is 24.0 Å². The van der Waals surface area contributed by atoms with Crippen molar-refractivity contribution in [3.05, 3.63) is 35.4 Å². The van der Waals surface area contributed by atoms with Crippen LogP contribution in [-0.4, -0.2) is 57.4 Å². The Labute approximate surface area is 188 Å². The molecule has 1 fully saturated rings. The molecule has 0 saturated carbocycles. The van der Waals surface area contributed by atoms with Crippen molar-refractivity contribution in [2.75, 3.05) is 40.5 Å². The van der Waals surface area contributed by atoms with Gasteiger partial charge in [0.25, 0.3) is 0 Å². The van der Waals surface area contributed by atoms with Gasteiger partial charge in [-0.2, -0.15) is 0 Å². The summed E-state index contributed by atoms with van der Waals surface area (Å²) in [6.45, 7) is 11.1. The number of hydrogen-bond donors (Lipinski definition) is 1. The number of piperidine rings is 1. The molecule has 1 aliphatic rings. The van der Waals surface area contributed by atoms with Gasteiger partial charge in [-0.1, -0.05) is 45.0 Å².